The number of aryl methyl sites for hydroxylation is 2. The van der Waals surface area contributed by atoms with Crippen molar-refractivity contribution in [1.82, 2.24) is 0 Å². The summed E-state index contributed by atoms with van der Waals surface area (Å²) in [5, 5.41) is 0. The fourth-order valence-electron chi connectivity index (χ4n) is 2.36. The minimum absolute atomic E-state index is 0.326. The van der Waals surface area contributed by atoms with Crippen molar-refractivity contribution in [2.45, 2.75) is 25.9 Å². The quantitative estimate of drug-likeness (QED) is 0.650. The van der Waals surface area contributed by atoms with E-state index in [1.807, 2.05) is 62.4 Å². The van der Waals surface area contributed by atoms with Gasteiger partial charge in [0.2, 0.25) is 0 Å². The van der Waals surface area contributed by atoms with Crippen LogP contribution in [0.4, 0.5) is 13.2 Å². The van der Waals surface area contributed by atoms with Gasteiger partial charge >= 0.3 is 6.18 Å². The number of halogens is 3. The molecule has 1 unspecified atom stereocenters. The standard InChI is InChI=1S/C18H17F3/c1-13-8-9-14(2)17(12-13)16(10-11-18(19,20)21)15-6-4-3-5-7-15/h3-12,16H,1-2H3/b11-10+. The van der Waals surface area contributed by atoms with Crippen molar-refractivity contribution < 1.29 is 13.2 Å². The van der Waals surface area contributed by atoms with E-state index in [1.165, 1.54) is 6.08 Å². The minimum atomic E-state index is -4.30. The van der Waals surface area contributed by atoms with Crippen LogP contribution in [0.25, 0.3) is 0 Å². The highest BCUT2D eigenvalue weighted by atomic mass is 19.4. The molecule has 0 fully saturated rings. The zero-order valence-electron chi connectivity index (χ0n) is 12.0. The first-order valence-corrected chi connectivity index (χ1v) is 6.75. The van der Waals surface area contributed by atoms with E-state index in [9.17, 15) is 13.2 Å². The van der Waals surface area contributed by atoms with Gasteiger partial charge in [0.25, 0.3) is 0 Å². The topological polar surface area (TPSA) is 0 Å². The van der Waals surface area contributed by atoms with E-state index in [-0.39, 0.29) is 0 Å². The Morgan fingerprint density at radius 3 is 2.24 bits per heavy atom. The largest absolute Gasteiger partial charge is 0.409 e. The molecule has 2 aromatic carbocycles. The fraction of sp³-hybridized carbons (Fsp3) is 0.222. The van der Waals surface area contributed by atoms with Gasteiger partial charge in [-0.3, -0.25) is 0 Å². The summed E-state index contributed by atoms with van der Waals surface area (Å²) in [6.45, 7) is 3.87. The number of hydrogen-bond donors (Lipinski definition) is 0. The Balaban J connectivity index is 2.51. The van der Waals surface area contributed by atoms with Crippen LogP contribution in [0.5, 0.6) is 0 Å². The lowest BCUT2D eigenvalue weighted by Gasteiger charge is -2.18. The molecule has 0 aliphatic carbocycles. The maximum Gasteiger partial charge on any atom is 0.409 e. The van der Waals surface area contributed by atoms with E-state index >= 15 is 0 Å². The highest BCUT2D eigenvalue weighted by Crippen LogP contribution is 2.31. The molecule has 2 aromatic rings. The van der Waals surface area contributed by atoms with E-state index in [4.69, 9.17) is 0 Å². The average Bonchev–Trinajstić information content (AvgIpc) is 2.43. The first-order valence-electron chi connectivity index (χ1n) is 6.75. The van der Waals surface area contributed by atoms with Gasteiger partial charge in [-0.05, 0) is 30.5 Å². The third-order valence-electron chi connectivity index (χ3n) is 3.41. The number of allylic oxidation sites excluding steroid dienone is 2. The molecule has 3 heteroatoms. The summed E-state index contributed by atoms with van der Waals surface area (Å²) in [6.07, 6.45) is -2.74. The third-order valence-corrected chi connectivity index (χ3v) is 3.41. The molecule has 0 saturated carbocycles. The summed E-state index contributed by atoms with van der Waals surface area (Å²) in [4.78, 5) is 0. The lowest BCUT2D eigenvalue weighted by Crippen LogP contribution is -2.05. The van der Waals surface area contributed by atoms with E-state index in [0.717, 1.165) is 22.3 Å². The molecule has 0 bridgehead atoms. The number of hydrogen-bond acceptors (Lipinski definition) is 0. The van der Waals surface area contributed by atoms with Gasteiger partial charge in [-0.2, -0.15) is 13.2 Å². The lowest BCUT2D eigenvalue weighted by molar-refractivity contribution is -0.0800. The molecule has 0 aromatic heterocycles. The van der Waals surface area contributed by atoms with Gasteiger partial charge in [0.1, 0.15) is 0 Å². The minimum Gasteiger partial charge on any atom is -0.167 e. The van der Waals surface area contributed by atoms with Crippen LogP contribution < -0.4 is 0 Å². The molecular weight excluding hydrogens is 273 g/mol. The predicted octanol–water partition coefficient (Wildman–Crippen LogP) is 5.55. The summed E-state index contributed by atoms with van der Waals surface area (Å²) in [6, 6.07) is 15.1. The van der Waals surface area contributed by atoms with Crippen molar-refractivity contribution in [2.24, 2.45) is 0 Å². The molecule has 2 rings (SSSR count). The maximum absolute atomic E-state index is 12.5. The smallest absolute Gasteiger partial charge is 0.167 e. The third kappa shape index (κ3) is 4.22. The van der Waals surface area contributed by atoms with Crippen molar-refractivity contribution in [3.8, 4) is 0 Å². The zero-order chi connectivity index (χ0) is 15.5. The second-order valence-corrected chi connectivity index (χ2v) is 5.15. The van der Waals surface area contributed by atoms with Crippen molar-refractivity contribution in [3.05, 3.63) is 82.9 Å². The highest BCUT2D eigenvalue weighted by molar-refractivity contribution is 5.42. The molecule has 0 nitrogen and oxygen atoms in total. The SMILES string of the molecule is Cc1ccc(C)c(C(/C=C/C(F)(F)F)c2ccccc2)c1. The molecule has 0 N–H and O–H groups in total. The maximum atomic E-state index is 12.5. The second kappa shape index (κ2) is 6.17. The van der Waals surface area contributed by atoms with Crippen molar-refractivity contribution in [2.75, 3.05) is 0 Å². The van der Waals surface area contributed by atoms with Crippen LogP contribution >= 0.6 is 0 Å². The molecule has 0 radical (unpaired) electrons. The molecule has 0 saturated heterocycles. The van der Waals surface area contributed by atoms with E-state index in [2.05, 4.69) is 0 Å². The monoisotopic (exact) mass is 290 g/mol. The number of rotatable bonds is 3. The predicted molar refractivity (Wildman–Crippen MR) is 79.4 cm³/mol. The first-order chi connectivity index (χ1) is 9.87. The Morgan fingerprint density at radius 2 is 1.62 bits per heavy atom. The van der Waals surface area contributed by atoms with Crippen molar-refractivity contribution in [3.63, 3.8) is 0 Å². The molecule has 0 spiro atoms. The number of benzene rings is 2. The van der Waals surface area contributed by atoms with Gasteiger partial charge in [0.15, 0.2) is 0 Å². The summed E-state index contributed by atoms with van der Waals surface area (Å²) in [5.74, 6) is -0.396. The number of alkyl halides is 3. The molecule has 0 aliphatic heterocycles. The molecule has 110 valence electrons. The van der Waals surface area contributed by atoms with Crippen LogP contribution in [0.1, 0.15) is 28.2 Å². The van der Waals surface area contributed by atoms with Crippen LogP contribution in [0.15, 0.2) is 60.7 Å². The summed E-state index contributed by atoms with van der Waals surface area (Å²) in [5.41, 5.74) is 3.78. The average molecular weight is 290 g/mol. The molecule has 1 atom stereocenters. The van der Waals surface area contributed by atoms with E-state index in [0.29, 0.717) is 6.08 Å². The van der Waals surface area contributed by atoms with Gasteiger partial charge in [0.05, 0.1) is 0 Å². The van der Waals surface area contributed by atoms with Gasteiger partial charge in [-0.1, -0.05) is 60.2 Å². The Hall–Kier alpha value is -2.03. The Kier molecular flexibility index (Phi) is 4.51. The van der Waals surface area contributed by atoms with Gasteiger partial charge in [0, 0.05) is 12.0 Å². The summed E-state index contributed by atoms with van der Waals surface area (Å²) in [7, 11) is 0. The van der Waals surface area contributed by atoms with Crippen LogP contribution in [0.2, 0.25) is 0 Å². The van der Waals surface area contributed by atoms with Gasteiger partial charge in [-0.15, -0.1) is 0 Å². The second-order valence-electron chi connectivity index (χ2n) is 5.15. The van der Waals surface area contributed by atoms with Crippen LogP contribution in [-0.2, 0) is 0 Å². The molecule has 0 amide bonds. The van der Waals surface area contributed by atoms with Crippen LogP contribution in [0, 0.1) is 13.8 Å². The molecular formula is C18H17F3. The summed E-state index contributed by atoms with van der Waals surface area (Å²) >= 11 is 0. The van der Waals surface area contributed by atoms with Gasteiger partial charge in [-0.25, -0.2) is 0 Å². The Bertz CT molecular complexity index is 625. The zero-order valence-corrected chi connectivity index (χ0v) is 12.0. The van der Waals surface area contributed by atoms with Crippen molar-refractivity contribution >= 4 is 0 Å². The summed E-state index contributed by atoms with van der Waals surface area (Å²) < 4.78 is 37.6. The van der Waals surface area contributed by atoms with Gasteiger partial charge < -0.3 is 0 Å². The van der Waals surface area contributed by atoms with E-state index in [1.54, 1.807) is 0 Å². The van der Waals surface area contributed by atoms with Crippen LogP contribution in [-0.4, -0.2) is 6.18 Å². The first kappa shape index (κ1) is 15.4. The van der Waals surface area contributed by atoms with Crippen molar-refractivity contribution in [1.29, 1.82) is 0 Å². The molecule has 0 heterocycles. The Morgan fingerprint density at radius 1 is 0.952 bits per heavy atom. The van der Waals surface area contributed by atoms with Crippen LogP contribution in [0.3, 0.4) is 0 Å². The molecule has 0 aliphatic rings. The normalized spacial score (nSPS) is 13.6. The Labute approximate surface area is 122 Å². The van der Waals surface area contributed by atoms with E-state index < -0.39 is 12.1 Å². The molecule has 21 heavy (non-hydrogen) atoms. The highest BCUT2D eigenvalue weighted by Gasteiger charge is 2.24. The fourth-order valence-corrected chi connectivity index (χ4v) is 2.36. The lowest BCUT2D eigenvalue weighted by atomic mass is 9.87.